The Kier molecular flexibility index (Phi) is 4.46. The van der Waals surface area contributed by atoms with Crippen LogP contribution < -0.4 is 15.4 Å². The summed E-state index contributed by atoms with van der Waals surface area (Å²) in [6.45, 7) is 1.43. The smallest absolute Gasteiger partial charge is 0.265 e. The van der Waals surface area contributed by atoms with Gasteiger partial charge in [0, 0.05) is 27.2 Å². The van der Waals surface area contributed by atoms with Crippen LogP contribution in [0.1, 0.15) is 24.7 Å². The number of nitrogens with one attached hydrogen (secondary N) is 1. The van der Waals surface area contributed by atoms with Gasteiger partial charge in [-0.05, 0) is 30.1 Å². The molecule has 4 heterocycles. The Labute approximate surface area is 172 Å². The van der Waals surface area contributed by atoms with Crippen LogP contribution in [-0.4, -0.2) is 57.1 Å². The fourth-order valence-electron chi connectivity index (χ4n) is 3.76. The van der Waals surface area contributed by atoms with Crippen LogP contribution in [0, 0.1) is 0 Å². The number of hydrogen-bond donors (Lipinski definition) is 1. The van der Waals surface area contributed by atoms with Crippen molar-refractivity contribution in [2.45, 2.75) is 18.8 Å². The maximum absolute atomic E-state index is 12.7. The zero-order valence-corrected chi connectivity index (χ0v) is 16.8. The van der Waals surface area contributed by atoms with Gasteiger partial charge in [-0.25, -0.2) is 4.68 Å². The number of hydrogen-bond acceptors (Lipinski definition) is 8. The van der Waals surface area contributed by atoms with Gasteiger partial charge in [-0.15, -0.1) is 0 Å². The second kappa shape index (κ2) is 7.29. The molecule has 1 N–H and O–H groups in total. The van der Waals surface area contributed by atoms with Crippen LogP contribution in [0.3, 0.4) is 0 Å². The summed E-state index contributed by atoms with van der Waals surface area (Å²) in [5.41, 5.74) is 1.19. The van der Waals surface area contributed by atoms with Crippen molar-refractivity contribution in [1.29, 1.82) is 0 Å². The summed E-state index contributed by atoms with van der Waals surface area (Å²) in [5.74, 6) is 1.78. The fraction of sp³-hybridized carbons (Fsp3) is 0.350. The summed E-state index contributed by atoms with van der Waals surface area (Å²) in [4.78, 5) is 28.7. The number of anilines is 2. The first-order valence-electron chi connectivity index (χ1n) is 9.89. The number of H-pyrrole nitrogens is 1. The van der Waals surface area contributed by atoms with Crippen molar-refractivity contribution in [3.8, 4) is 5.69 Å². The Balaban J connectivity index is 1.48. The highest BCUT2D eigenvalue weighted by atomic mass is 16.5. The molecule has 0 spiro atoms. The standard InChI is InChI=1S/C20H22N8O2/c1-26(2)20-24-18(30-25-20)13-7-6-10-27(12-13)19-22-16-15(17(29)23-19)11-21-28(16)14-8-4-3-5-9-14/h3-5,8-9,11,13H,6-7,10,12H2,1-2H3,(H,22,23,29). The van der Waals surface area contributed by atoms with Gasteiger partial charge in [-0.2, -0.15) is 15.1 Å². The van der Waals surface area contributed by atoms with Crippen LogP contribution >= 0.6 is 0 Å². The number of benzene rings is 1. The Morgan fingerprint density at radius 1 is 1.20 bits per heavy atom. The number of aromatic nitrogens is 6. The first-order valence-corrected chi connectivity index (χ1v) is 9.89. The normalized spacial score (nSPS) is 16.9. The average molecular weight is 406 g/mol. The molecule has 3 aromatic heterocycles. The van der Waals surface area contributed by atoms with E-state index in [1.165, 1.54) is 0 Å². The van der Waals surface area contributed by atoms with Crippen molar-refractivity contribution in [2.24, 2.45) is 0 Å². The summed E-state index contributed by atoms with van der Waals surface area (Å²) >= 11 is 0. The van der Waals surface area contributed by atoms with Gasteiger partial charge in [0.1, 0.15) is 5.39 Å². The minimum Gasteiger partial charge on any atom is -0.344 e. The topological polar surface area (TPSA) is 109 Å². The number of fused-ring (bicyclic) bond motifs is 1. The van der Waals surface area contributed by atoms with Crippen LogP contribution in [-0.2, 0) is 0 Å². The molecule has 1 unspecified atom stereocenters. The van der Waals surface area contributed by atoms with E-state index in [9.17, 15) is 4.79 Å². The van der Waals surface area contributed by atoms with Crippen molar-refractivity contribution < 1.29 is 4.52 Å². The lowest BCUT2D eigenvalue weighted by Crippen LogP contribution is -2.36. The maximum atomic E-state index is 12.7. The molecule has 1 aliphatic rings. The van der Waals surface area contributed by atoms with Crippen LogP contribution in [0.4, 0.5) is 11.9 Å². The molecule has 10 nitrogen and oxygen atoms in total. The Hall–Kier alpha value is -3.69. The molecule has 1 atom stereocenters. The summed E-state index contributed by atoms with van der Waals surface area (Å²) < 4.78 is 7.16. The van der Waals surface area contributed by atoms with E-state index in [0.29, 0.717) is 35.4 Å². The van der Waals surface area contributed by atoms with E-state index in [2.05, 4.69) is 25.1 Å². The third-order valence-corrected chi connectivity index (χ3v) is 5.33. The molecule has 5 rings (SSSR count). The van der Waals surface area contributed by atoms with Gasteiger partial charge in [-0.1, -0.05) is 18.2 Å². The molecule has 1 aromatic carbocycles. The van der Waals surface area contributed by atoms with Gasteiger partial charge in [0.2, 0.25) is 11.8 Å². The minimum atomic E-state index is -0.202. The van der Waals surface area contributed by atoms with E-state index < -0.39 is 0 Å². The van der Waals surface area contributed by atoms with Crippen LogP contribution in [0.25, 0.3) is 16.7 Å². The van der Waals surface area contributed by atoms with E-state index in [1.54, 1.807) is 10.9 Å². The summed E-state index contributed by atoms with van der Waals surface area (Å²) in [5, 5.41) is 8.85. The minimum absolute atomic E-state index is 0.0833. The third kappa shape index (κ3) is 3.19. The van der Waals surface area contributed by atoms with Gasteiger partial charge in [0.15, 0.2) is 5.65 Å². The number of piperidine rings is 1. The lowest BCUT2D eigenvalue weighted by molar-refractivity contribution is 0.332. The highest BCUT2D eigenvalue weighted by Gasteiger charge is 2.28. The largest absolute Gasteiger partial charge is 0.344 e. The molecule has 154 valence electrons. The van der Waals surface area contributed by atoms with Gasteiger partial charge < -0.3 is 14.3 Å². The van der Waals surface area contributed by atoms with E-state index in [-0.39, 0.29) is 11.5 Å². The van der Waals surface area contributed by atoms with Crippen LogP contribution in [0.15, 0.2) is 45.8 Å². The molecule has 1 aliphatic heterocycles. The maximum Gasteiger partial charge on any atom is 0.265 e. The van der Waals surface area contributed by atoms with E-state index in [4.69, 9.17) is 9.51 Å². The summed E-state index contributed by atoms with van der Waals surface area (Å²) in [6.07, 6.45) is 3.43. The van der Waals surface area contributed by atoms with Gasteiger partial charge in [-0.3, -0.25) is 9.78 Å². The first kappa shape index (κ1) is 18.3. The van der Waals surface area contributed by atoms with Crippen molar-refractivity contribution in [3.05, 3.63) is 52.8 Å². The monoisotopic (exact) mass is 406 g/mol. The molecular weight excluding hydrogens is 384 g/mol. The zero-order valence-electron chi connectivity index (χ0n) is 16.8. The second-order valence-corrected chi connectivity index (χ2v) is 7.63. The van der Waals surface area contributed by atoms with Gasteiger partial charge in [0.05, 0.1) is 17.8 Å². The quantitative estimate of drug-likeness (QED) is 0.548. The number of aromatic amines is 1. The number of nitrogens with zero attached hydrogens (tertiary/aromatic N) is 7. The molecule has 10 heteroatoms. The molecule has 0 radical (unpaired) electrons. The SMILES string of the molecule is CN(C)c1noc(C2CCCN(c3nc4c(cnn4-c4ccccc4)c(=O)[nH]3)C2)n1. The van der Waals surface area contributed by atoms with E-state index >= 15 is 0 Å². The molecule has 0 aliphatic carbocycles. The second-order valence-electron chi connectivity index (χ2n) is 7.63. The highest BCUT2D eigenvalue weighted by molar-refractivity contribution is 5.76. The average Bonchev–Trinajstić information content (AvgIpc) is 3.42. The first-order chi connectivity index (χ1) is 14.6. The molecule has 0 bridgehead atoms. The number of rotatable bonds is 4. The van der Waals surface area contributed by atoms with Gasteiger partial charge in [0.25, 0.3) is 11.5 Å². The molecule has 1 saturated heterocycles. The summed E-state index contributed by atoms with van der Waals surface area (Å²) in [6, 6.07) is 9.67. The van der Waals surface area contributed by atoms with Gasteiger partial charge >= 0.3 is 0 Å². The Morgan fingerprint density at radius 2 is 2.03 bits per heavy atom. The van der Waals surface area contributed by atoms with Crippen LogP contribution in [0.2, 0.25) is 0 Å². The molecule has 30 heavy (non-hydrogen) atoms. The Bertz CT molecular complexity index is 1230. The lowest BCUT2D eigenvalue weighted by atomic mass is 9.98. The number of para-hydroxylation sites is 1. The van der Waals surface area contributed by atoms with Crippen LogP contribution in [0.5, 0.6) is 0 Å². The van der Waals surface area contributed by atoms with E-state index in [1.807, 2.05) is 49.3 Å². The predicted molar refractivity (Wildman–Crippen MR) is 112 cm³/mol. The Morgan fingerprint density at radius 3 is 2.80 bits per heavy atom. The molecule has 4 aromatic rings. The molecular formula is C20H22N8O2. The zero-order chi connectivity index (χ0) is 20.7. The molecule has 0 amide bonds. The third-order valence-electron chi connectivity index (χ3n) is 5.33. The van der Waals surface area contributed by atoms with Crippen molar-refractivity contribution in [3.63, 3.8) is 0 Å². The van der Waals surface area contributed by atoms with Crippen molar-refractivity contribution in [2.75, 3.05) is 37.0 Å². The van der Waals surface area contributed by atoms with Crippen molar-refractivity contribution >= 4 is 22.9 Å². The fourth-order valence-corrected chi connectivity index (χ4v) is 3.76. The molecule has 0 saturated carbocycles. The highest BCUT2D eigenvalue weighted by Crippen LogP contribution is 2.28. The predicted octanol–water partition coefficient (Wildman–Crippen LogP) is 1.94. The van der Waals surface area contributed by atoms with Crippen molar-refractivity contribution in [1.82, 2.24) is 29.9 Å². The lowest BCUT2D eigenvalue weighted by Gasteiger charge is -2.31. The van der Waals surface area contributed by atoms with E-state index in [0.717, 1.165) is 25.1 Å². The summed E-state index contributed by atoms with van der Waals surface area (Å²) in [7, 11) is 3.75. The molecule has 1 fully saturated rings.